The Balaban J connectivity index is 1.54. The molecule has 2 fully saturated rings. The van der Waals surface area contributed by atoms with E-state index in [1.54, 1.807) is 44.2 Å². The maximum Gasteiger partial charge on any atom is 0.338 e. The third-order valence-corrected chi connectivity index (χ3v) is 3.78. The topological polar surface area (TPSA) is 74.2 Å². The van der Waals surface area contributed by atoms with Crippen molar-refractivity contribution in [1.82, 2.24) is 0 Å². The maximum atomic E-state index is 14.4. The highest BCUT2D eigenvalue weighted by Gasteiger charge is 2.57. The third kappa shape index (κ3) is 3.37. The molecule has 0 spiro atoms. The number of benzene rings is 1. The van der Waals surface area contributed by atoms with Crippen molar-refractivity contribution in [3.63, 3.8) is 0 Å². The number of esters is 1. The lowest BCUT2D eigenvalue weighted by Gasteiger charge is -2.24. The summed E-state index contributed by atoms with van der Waals surface area (Å²) in [6.07, 6.45) is -5.80. The van der Waals surface area contributed by atoms with Gasteiger partial charge >= 0.3 is 5.97 Å². The Morgan fingerprint density at radius 3 is 2.70 bits per heavy atom. The van der Waals surface area contributed by atoms with E-state index in [1.165, 1.54) is 0 Å². The number of hydrogen-bond acceptors (Lipinski definition) is 6. The summed E-state index contributed by atoms with van der Waals surface area (Å²) in [7, 11) is 0. The number of halogens is 1. The first-order valence-electron chi connectivity index (χ1n) is 7.43. The fourth-order valence-electron chi connectivity index (χ4n) is 2.71. The van der Waals surface area contributed by atoms with Crippen LogP contribution in [0.3, 0.4) is 0 Å². The molecule has 0 bridgehead atoms. The second kappa shape index (κ2) is 6.16. The van der Waals surface area contributed by atoms with Crippen LogP contribution in [0.4, 0.5) is 4.39 Å². The van der Waals surface area contributed by atoms with Crippen molar-refractivity contribution in [2.24, 2.45) is 0 Å². The fraction of sp³-hybridized carbons (Fsp3) is 0.562. The minimum Gasteiger partial charge on any atom is -0.459 e. The van der Waals surface area contributed by atoms with Gasteiger partial charge in [-0.15, -0.1) is 0 Å². The average molecular weight is 326 g/mol. The van der Waals surface area contributed by atoms with Gasteiger partial charge in [-0.3, -0.25) is 0 Å². The molecule has 2 aliphatic heterocycles. The zero-order valence-electron chi connectivity index (χ0n) is 12.8. The van der Waals surface area contributed by atoms with E-state index < -0.39 is 42.5 Å². The van der Waals surface area contributed by atoms with Crippen LogP contribution in [0.5, 0.6) is 0 Å². The number of aliphatic hydroxyl groups is 1. The first-order valence-corrected chi connectivity index (χ1v) is 7.43. The molecule has 1 aromatic carbocycles. The highest BCUT2D eigenvalue weighted by molar-refractivity contribution is 5.89. The Kier molecular flexibility index (Phi) is 4.37. The Morgan fingerprint density at radius 2 is 2.04 bits per heavy atom. The van der Waals surface area contributed by atoms with E-state index in [4.69, 9.17) is 18.9 Å². The summed E-state index contributed by atoms with van der Waals surface area (Å²) < 4.78 is 35.6. The molecular weight excluding hydrogens is 307 g/mol. The summed E-state index contributed by atoms with van der Waals surface area (Å²) >= 11 is 0. The maximum absolute atomic E-state index is 14.4. The van der Waals surface area contributed by atoms with Gasteiger partial charge in [-0.1, -0.05) is 18.2 Å². The van der Waals surface area contributed by atoms with Crippen molar-refractivity contribution in [3.05, 3.63) is 35.9 Å². The smallest absolute Gasteiger partial charge is 0.338 e. The number of hydrogen-bond donors (Lipinski definition) is 1. The summed E-state index contributed by atoms with van der Waals surface area (Å²) in [5, 5.41) is 10.0. The standard InChI is InChI=1S/C16H19FO6/c1-16(2)22-13-11(17)12(21-15(13)23-16)10(18)8-20-14(19)9-6-4-3-5-7-9/h3-7,10-13,15,18H,8H2,1-2H3/t10-,11-,12+,13-,15-/m1/s1. The second-order valence-corrected chi connectivity index (χ2v) is 6.05. The number of carbonyl (C=O) groups is 1. The molecule has 1 N–H and O–H groups in total. The zero-order valence-corrected chi connectivity index (χ0v) is 12.8. The predicted molar refractivity (Wildman–Crippen MR) is 76.3 cm³/mol. The van der Waals surface area contributed by atoms with Crippen LogP contribution in [0.2, 0.25) is 0 Å². The molecule has 0 aromatic heterocycles. The lowest BCUT2D eigenvalue weighted by atomic mass is 10.1. The number of fused-ring (bicyclic) bond motifs is 1. The molecule has 7 heteroatoms. The molecular formula is C16H19FO6. The Morgan fingerprint density at radius 1 is 1.35 bits per heavy atom. The van der Waals surface area contributed by atoms with E-state index in [1.807, 2.05) is 0 Å². The van der Waals surface area contributed by atoms with Crippen molar-refractivity contribution < 1.29 is 33.2 Å². The SMILES string of the molecule is CC1(C)O[C@H]2O[C@@H]([C@H](O)COC(=O)c3ccccc3)[C@@H](F)[C@H]2O1. The molecule has 0 aliphatic carbocycles. The molecule has 2 saturated heterocycles. The molecule has 3 rings (SSSR count). The number of carbonyl (C=O) groups excluding carboxylic acids is 1. The van der Waals surface area contributed by atoms with Gasteiger partial charge in [0.15, 0.2) is 18.2 Å². The van der Waals surface area contributed by atoms with Crippen molar-refractivity contribution in [2.75, 3.05) is 6.61 Å². The lowest BCUT2D eigenvalue weighted by molar-refractivity contribution is -0.222. The highest BCUT2D eigenvalue weighted by atomic mass is 19.1. The average Bonchev–Trinajstić information content (AvgIpc) is 2.99. The Hall–Kier alpha value is -1.54. The van der Waals surface area contributed by atoms with E-state index >= 15 is 0 Å². The summed E-state index contributed by atoms with van der Waals surface area (Å²) in [4.78, 5) is 11.8. The van der Waals surface area contributed by atoms with Crippen LogP contribution in [0.1, 0.15) is 24.2 Å². The molecule has 2 aliphatic rings. The van der Waals surface area contributed by atoms with Crippen LogP contribution >= 0.6 is 0 Å². The van der Waals surface area contributed by atoms with Gasteiger partial charge in [-0.2, -0.15) is 0 Å². The van der Waals surface area contributed by atoms with Crippen molar-refractivity contribution in [1.29, 1.82) is 0 Å². The van der Waals surface area contributed by atoms with Gasteiger partial charge in [0, 0.05) is 0 Å². The van der Waals surface area contributed by atoms with Crippen LogP contribution in [0.25, 0.3) is 0 Å². The summed E-state index contributed by atoms with van der Waals surface area (Å²) in [5.41, 5.74) is 0.356. The van der Waals surface area contributed by atoms with Gasteiger partial charge in [-0.25, -0.2) is 9.18 Å². The lowest BCUT2D eigenvalue weighted by Crippen LogP contribution is -2.41. The highest BCUT2D eigenvalue weighted by Crippen LogP contribution is 2.39. The minimum atomic E-state index is -1.56. The number of alkyl halides is 1. The summed E-state index contributed by atoms with van der Waals surface area (Å²) in [5.74, 6) is -1.51. The van der Waals surface area contributed by atoms with E-state index in [2.05, 4.69) is 0 Å². The molecule has 0 radical (unpaired) electrons. The van der Waals surface area contributed by atoms with Crippen LogP contribution in [0.15, 0.2) is 30.3 Å². The van der Waals surface area contributed by atoms with Gasteiger partial charge < -0.3 is 24.1 Å². The van der Waals surface area contributed by atoms with Crippen LogP contribution in [-0.2, 0) is 18.9 Å². The van der Waals surface area contributed by atoms with Gasteiger partial charge in [-0.05, 0) is 26.0 Å². The molecule has 0 unspecified atom stereocenters. The van der Waals surface area contributed by atoms with Crippen LogP contribution in [-0.4, -0.2) is 54.2 Å². The monoisotopic (exact) mass is 326 g/mol. The van der Waals surface area contributed by atoms with Crippen molar-refractivity contribution in [3.8, 4) is 0 Å². The molecule has 2 heterocycles. The van der Waals surface area contributed by atoms with Crippen LogP contribution in [0, 0.1) is 0 Å². The largest absolute Gasteiger partial charge is 0.459 e. The number of aliphatic hydroxyl groups excluding tert-OH is 1. The molecule has 6 nitrogen and oxygen atoms in total. The van der Waals surface area contributed by atoms with Crippen molar-refractivity contribution >= 4 is 5.97 Å². The Labute approximate surface area is 133 Å². The van der Waals surface area contributed by atoms with E-state index in [9.17, 15) is 14.3 Å². The molecule has 23 heavy (non-hydrogen) atoms. The first-order chi connectivity index (χ1) is 10.9. The Bertz CT molecular complexity index is 563. The number of rotatable bonds is 4. The molecule has 5 atom stereocenters. The number of ether oxygens (including phenoxy) is 4. The molecule has 126 valence electrons. The summed E-state index contributed by atoms with van der Waals surface area (Å²) in [6, 6.07) is 8.34. The normalized spacial score (nSPS) is 33.2. The predicted octanol–water partition coefficient (Wildman–Crippen LogP) is 1.42. The van der Waals surface area contributed by atoms with Gasteiger partial charge in [0.1, 0.15) is 24.9 Å². The van der Waals surface area contributed by atoms with Crippen molar-refractivity contribution in [2.45, 2.75) is 50.4 Å². The fourth-order valence-corrected chi connectivity index (χ4v) is 2.71. The van der Waals surface area contributed by atoms with E-state index in [0.717, 1.165) is 0 Å². The minimum absolute atomic E-state index is 0.356. The summed E-state index contributed by atoms with van der Waals surface area (Å²) in [6.45, 7) is 2.95. The molecule has 1 aromatic rings. The van der Waals surface area contributed by atoms with Crippen LogP contribution < -0.4 is 0 Å². The van der Waals surface area contributed by atoms with E-state index in [0.29, 0.717) is 5.56 Å². The van der Waals surface area contributed by atoms with E-state index in [-0.39, 0.29) is 6.61 Å². The molecule has 0 saturated carbocycles. The molecule has 0 amide bonds. The van der Waals surface area contributed by atoms with Gasteiger partial charge in [0.05, 0.1) is 5.56 Å². The third-order valence-electron chi connectivity index (χ3n) is 3.78. The zero-order chi connectivity index (χ0) is 16.6. The first kappa shape index (κ1) is 16.3. The second-order valence-electron chi connectivity index (χ2n) is 6.05. The van der Waals surface area contributed by atoms with Gasteiger partial charge in [0.25, 0.3) is 0 Å². The quantitative estimate of drug-likeness (QED) is 0.844. The van der Waals surface area contributed by atoms with Gasteiger partial charge in [0.2, 0.25) is 0 Å².